The van der Waals surface area contributed by atoms with Gasteiger partial charge in [-0.25, -0.2) is 4.98 Å². The number of nitrogens with zero attached hydrogens (tertiary/aromatic N) is 5. The first-order chi connectivity index (χ1) is 12.9. The van der Waals surface area contributed by atoms with Crippen LogP contribution in [0.25, 0.3) is 11.5 Å². The van der Waals surface area contributed by atoms with Gasteiger partial charge in [0, 0.05) is 12.1 Å². The van der Waals surface area contributed by atoms with Crippen molar-refractivity contribution in [3.63, 3.8) is 0 Å². The van der Waals surface area contributed by atoms with Crippen LogP contribution in [0.5, 0.6) is 0 Å². The number of hydrogen-bond donors (Lipinski definition) is 1. The maximum absolute atomic E-state index is 13.0. The van der Waals surface area contributed by atoms with Gasteiger partial charge in [0.2, 0.25) is 11.9 Å². The standard InChI is InChI=1S/C19H27F3N6/c1-10(2)12(5)28(13(6)11(3)4)18-26-16(25-17(23)27-18)14-8-7-9-15(24-14)19(20,21)22/h7-13H,1-6H3,(H2,23,25,26,27). The summed E-state index contributed by atoms with van der Waals surface area (Å²) in [5, 5.41) is 0. The molecular formula is C19H27F3N6. The zero-order valence-corrected chi connectivity index (χ0v) is 17.0. The molecule has 2 unspecified atom stereocenters. The van der Waals surface area contributed by atoms with Crippen molar-refractivity contribution in [1.82, 2.24) is 19.9 Å². The van der Waals surface area contributed by atoms with E-state index >= 15 is 0 Å². The average Bonchev–Trinajstić information content (AvgIpc) is 2.60. The number of nitrogen functional groups attached to an aromatic ring is 1. The topological polar surface area (TPSA) is 80.8 Å². The SMILES string of the molecule is CC(C)C(C)N(c1nc(N)nc(-c2cccc(C(F)(F)F)n2)n1)C(C)C(C)C. The van der Waals surface area contributed by atoms with Gasteiger partial charge < -0.3 is 10.6 Å². The third-order valence-electron chi connectivity index (χ3n) is 4.95. The van der Waals surface area contributed by atoms with E-state index in [2.05, 4.69) is 61.5 Å². The Morgan fingerprint density at radius 1 is 0.857 bits per heavy atom. The van der Waals surface area contributed by atoms with Crippen LogP contribution in [0.1, 0.15) is 47.2 Å². The lowest BCUT2D eigenvalue weighted by atomic mass is 9.98. The van der Waals surface area contributed by atoms with Gasteiger partial charge in [0.25, 0.3) is 0 Å². The fraction of sp³-hybridized carbons (Fsp3) is 0.579. The molecule has 2 rings (SSSR count). The minimum absolute atomic E-state index is 0.000440. The van der Waals surface area contributed by atoms with Crippen molar-refractivity contribution in [2.75, 3.05) is 10.6 Å². The number of pyridine rings is 1. The molecule has 0 aromatic carbocycles. The van der Waals surface area contributed by atoms with Gasteiger partial charge in [-0.3, -0.25) is 0 Å². The molecule has 0 aliphatic rings. The molecule has 0 saturated carbocycles. The molecule has 28 heavy (non-hydrogen) atoms. The van der Waals surface area contributed by atoms with Crippen LogP contribution in [0.3, 0.4) is 0 Å². The second-order valence-corrected chi connectivity index (χ2v) is 7.60. The molecule has 0 saturated heterocycles. The van der Waals surface area contributed by atoms with Crippen molar-refractivity contribution >= 4 is 11.9 Å². The predicted octanol–water partition coefficient (Wildman–Crippen LogP) is 4.43. The van der Waals surface area contributed by atoms with Crippen LogP contribution in [0.2, 0.25) is 0 Å². The van der Waals surface area contributed by atoms with Crippen molar-refractivity contribution in [1.29, 1.82) is 0 Å². The number of hydrogen-bond acceptors (Lipinski definition) is 6. The Kier molecular flexibility index (Phi) is 6.46. The zero-order chi connectivity index (χ0) is 21.2. The fourth-order valence-corrected chi connectivity index (χ4v) is 2.71. The van der Waals surface area contributed by atoms with Gasteiger partial charge >= 0.3 is 6.18 Å². The van der Waals surface area contributed by atoms with Crippen LogP contribution in [0.4, 0.5) is 25.1 Å². The molecule has 154 valence electrons. The first-order valence-electron chi connectivity index (χ1n) is 9.26. The van der Waals surface area contributed by atoms with Crippen molar-refractivity contribution in [3.05, 3.63) is 23.9 Å². The summed E-state index contributed by atoms with van der Waals surface area (Å²) >= 11 is 0. The minimum atomic E-state index is -4.55. The maximum Gasteiger partial charge on any atom is 0.433 e. The first kappa shape index (κ1) is 21.8. The molecule has 0 bridgehead atoms. The van der Waals surface area contributed by atoms with Crippen LogP contribution in [0.15, 0.2) is 18.2 Å². The Balaban J connectivity index is 2.57. The highest BCUT2D eigenvalue weighted by Crippen LogP contribution is 2.30. The number of anilines is 2. The molecule has 0 aliphatic heterocycles. The Morgan fingerprint density at radius 2 is 1.43 bits per heavy atom. The minimum Gasteiger partial charge on any atom is -0.368 e. The predicted molar refractivity (Wildman–Crippen MR) is 104 cm³/mol. The van der Waals surface area contributed by atoms with Crippen LogP contribution in [-0.2, 0) is 6.18 Å². The quantitative estimate of drug-likeness (QED) is 0.778. The largest absolute Gasteiger partial charge is 0.433 e. The molecule has 2 N–H and O–H groups in total. The molecule has 0 spiro atoms. The van der Waals surface area contributed by atoms with Gasteiger partial charge in [0.1, 0.15) is 11.4 Å². The lowest BCUT2D eigenvalue weighted by Crippen LogP contribution is -2.46. The monoisotopic (exact) mass is 396 g/mol. The van der Waals surface area contributed by atoms with Gasteiger partial charge in [-0.2, -0.15) is 28.1 Å². The highest BCUT2D eigenvalue weighted by molar-refractivity contribution is 5.54. The van der Waals surface area contributed by atoms with Crippen LogP contribution >= 0.6 is 0 Å². The summed E-state index contributed by atoms with van der Waals surface area (Å²) in [7, 11) is 0. The third-order valence-corrected chi connectivity index (χ3v) is 4.95. The molecular weight excluding hydrogens is 369 g/mol. The summed E-state index contributed by atoms with van der Waals surface area (Å²) in [5.74, 6) is 0.898. The van der Waals surface area contributed by atoms with E-state index in [0.29, 0.717) is 17.8 Å². The van der Waals surface area contributed by atoms with Gasteiger partial charge in [0.05, 0.1) is 0 Å². The summed E-state index contributed by atoms with van der Waals surface area (Å²) in [6.07, 6.45) is -4.55. The van der Waals surface area contributed by atoms with Crippen molar-refractivity contribution < 1.29 is 13.2 Å². The van der Waals surface area contributed by atoms with Gasteiger partial charge in [-0.15, -0.1) is 0 Å². The average molecular weight is 396 g/mol. The smallest absolute Gasteiger partial charge is 0.368 e. The number of halogens is 3. The molecule has 0 amide bonds. The lowest BCUT2D eigenvalue weighted by Gasteiger charge is -2.38. The van der Waals surface area contributed by atoms with E-state index < -0.39 is 11.9 Å². The highest BCUT2D eigenvalue weighted by atomic mass is 19.4. The van der Waals surface area contributed by atoms with E-state index in [-0.39, 0.29) is 29.6 Å². The van der Waals surface area contributed by atoms with Crippen molar-refractivity contribution in [3.8, 4) is 11.5 Å². The van der Waals surface area contributed by atoms with Crippen molar-refractivity contribution in [2.24, 2.45) is 11.8 Å². The Labute approximate surface area is 163 Å². The van der Waals surface area contributed by atoms with E-state index in [0.717, 1.165) is 6.07 Å². The number of alkyl halides is 3. The molecule has 0 radical (unpaired) electrons. The third kappa shape index (κ3) is 4.88. The summed E-state index contributed by atoms with van der Waals surface area (Å²) in [4.78, 5) is 18.4. The van der Waals surface area contributed by atoms with E-state index in [1.54, 1.807) is 0 Å². The molecule has 9 heteroatoms. The summed E-state index contributed by atoms with van der Waals surface area (Å²) in [6, 6.07) is 3.78. The maximum atomic E-state index is 13.0. The lowest BCUT2D eigenvalue weighted by molar-refractivity contribution is -0.141. The van der Waals surface area contributed by atoms with E-state index in [1.807, 2.05) is 4.90 Å². The Morgan fingerprint density at radius 3 is 1.93 bits per heavy atom. The Hall–Kier alpha value is -2.45. The van der Waals surface area contributed by atoms with E-state index in [9.17, 15) is 13.2 Å². The molecule has 0 fully saturated rings. The van der Waals surface area contributed by atoms with Crippen LogP contribution in [0, 0.1) is 11.8 Å². The highest BCUT2D eigenvalue weighted by Gasteiger charge is 2.33. The van der Waals surface area contributed by atoms with Gasteiger partial charge in [0.15, 0.2) is 5.82 Å². The summed E-state index contributed by atoms with van der Waals surface area (Å²) in [6.45, 7) is 12.5. The number of rotatable bonds is 6. The van der Waals surface area contributed by atoms with Crippen molar-refractivity contribution in [2.45, 2.75) is 59.8 Å². The second kappa shape index (κ2) is 8.28. The van der Waals surface area contributed by atoms with E-state index in [1.165, 1.54) is 12.1 Å². The zero-order valence-electron chi connectivity index (χ0n) is 17.0. The molecule has 2 heterocycles. The molecule has 2 atom stereocenters. The van der Waals surface area contributed by atoms with Crippen LogP contribution in [-0.4, -0.2) is 32.0 Å². The van der Waals surface area contributed by atoms with Gasteiger partial charge in [-0.05, 0) is 37.8 Å². The van der Waals surface area contributed by atoms with Crippen LogP contribution < -0.4 is 10.6 Å². The normalized spacial score (nSPS) is 14.4. The summed E-state index contributed by atoms with van der Waals surface area (Å²) in [5.41, 5.74) is 4.87. The van der Waals surface area contributed by atoms with E-state index in [4.69, 9.17) is 5.73 Å². The van der Waals surface area contributed by atoms with Gasteiger partial charge in [-0.1, -0.05) is 33.8 Å². The molecule has 0 aliphatic carbocycles. The molecule has 6 nitrogen and oxygen atoms in total. The Bertz CT molecular complexity index is 792. The summed E-state index contributed by atoms with van der Waals surface area (Å²) < 4.78 is 39.0. The number of nitrogens with two attached hydrogens (primary N) is 1. The molecule has 2 aromatic heterocycles. The number of aromatic nitrogens is 4. The first-order valence-corrected chi connectivity index (χ1v) is 9.26. The molecule has 2 aromatic rings. The fourth-order valence-electron chi connectivity index (χ4n) is 2.71. The second-order valence-electron chi connectivity index (χ2n) is 7.60.